The van der Waals surface area contributed by atoms with Crippen LogP contribution >= 0.6 is 0 Å². The highest BCUT2D eigenvalue weighted by Crippen LogP contribution is 2.13. The van der Waals surface area contributed by atoms with Crippen molar-refractivity contribution in [3.8, 4) is 0 Å². The van der Waals surface area contributed by atoms with Crippen molar-refractivity contribution in [2.75, 3.05) is 0 Å². The molecule has 0 saturated carbocycles. The van der Waals surface area contributed by atoms with Gasteiger partial charge in [-0.15, -0.1) is 0 Å². The molecule has 1 aromatic heterocycles. The molecule has 0 radical (unpaired) electrons. The normalized spacial score (nSPS) is 12.3. The van der Waals surface area contributed by atoms with Crippen LogP contribution in [0.3, 0.4) is 0 Å². The fourth-order valence-electron chi connectivity index (χ4n) is 0.861. The lowest BCUT2D eigenvalue weighted by atomic mass is 10.6. The minimum absolute atomic E-state index is 0.275. The Morgan fingerprint density at radius 2 is 2.08 bits per heavy atom. The summed E-state index contributed by atoms with van der Waals surface area (Å²) in [5.41, 5.74) is 0. The van der Waals surface area contributed by atoms with Crippen LogP contribution in [-0.4, -0.2) is 23.2 Å². The maximum atomic E-state index is 11.6. The number of hydrogen-bond acceptors (Lipinski definition) is 3. The third kappa shape index (κ3) is 1.36. The second-order valence-electron chi connectivity index (χ2n) is 2.94. The van der Waals surface area contributed by atoms with E-state index in [2.05, 4.69) is 4.98 Å². The van der Waals surface area contributed by atoms with Gasteiger partial charge in [-0.2, -0.15) is 0 Å². The molecule has 0 fully saturated rings. The van der Waals surface area contributed by atoms with Gasteiger partial charge in [0.15, 0.2) is 14.9 Å². The lowest BCUT2D eigenvalue weighted by molar-refractivity contribution is 0.577. The van der Waals surface area contributed by atoms with E-state index in [4.69, 9.17) is 0 Å². The summed E-state index contributed by atoms with van der Waals surface area (Å²) in [4.78, 5) is 3.75. The number of rotatable bonds is 2. The molecule has 1 aromatic rings. The van der Waals surface area contributed by atoms with Gasteiger partial charge in [-0.1, -0.05) is 0 Å². The summed E-state index contributed by atoms with van der Waals surface area (Å²) in [6.45, 7) is 3.31. The van der Waals surface area contributed by atoms with Crippen molar-refractivity contribution >= 4 is 9.84 Å². The van der Waals surface area contributed by atoms with Crippen LogP contribution in [0, 0.1) is 0 Å². The van der Waals surface area contributed by atoms with Gasteiger partial charge in [-0.3, -0.25) is 0 Å². The second-order valence-corrected chi connectivity index (χ2v) is 5.39. The van der Waals surface area contributed by atoms with Crippen molar-refractivity contribution in [2.24, 2.45) is 7.05 Å². The highest BCUT2D eigenvalue weighted by Gasteiger charge is 2.21. The third-order valence-corrected chi connectivity index (χ3v) is 3.90. The summed E-state index contributed by atoms with van der Waals surface area (Å²) in [5.74, 6) is 0. The van der Waals surface area contributed by atoms with E-state index < -0.39 is 15.1 Å². The standard InChI is InChI=1S/C7H12N2O2S/c1-6(2)12(10,11)7-4-8-5-9(7)3/h4-6H,1-3H3. The number of imidazole rings is 1. The Bertz CT molecular complexity index is 365. The van der Waals surface area contributed by atoms with Crippen molar-refractivity contribution in [1.29, 1.82) is 0 Å². The Balaban J connectivity index is 3.24. The molecule has 0 saturated heterocycles. The quantitative estimate of drug-likeness (QED) is 0.683. The van der Waals surface area contributed by atoms with Gasteiger partial charge in [0.25, 0.3) is 0 Å². The third-order valence-electron chi connectivity index (χ3n) is 1.68. The van der Waals surface area contributed by atoms with E-state index in [1.165, 1.54) is 17.1 Å². The molecule has 0 aliphatic rings. The van der Waals surface area contributed by atoms with Gasteiger partial charge in [0.05, 0.1) is 17.8 Å². The summed E-state index contributed by atoms with van der Waals surface area (Å²) in [6, 6.07) is 0. The molecule has 0 aromatic carbocycles. The number of aromatic nitrogens is 2. The fourth-order valence-corrected chi connectivity index (χ4v) is 2.00. The van der Waals surface area contributed by atoms with Crippen LogP contribution in [0.15, 0.2) is 17.6 Å². The maximum absolute atomic E-state index is 11.6. The molecule has 0 N–H and O–H groups in total. The molecule has 1 heterocycles. The molecule has 0 amide bonds. The van der Waals surface area contributed by atoms with E-state index in [1.807, 2.05) is 0 Å². The van der Waals surface area contributed by atoms with E-state index in [0.717, 1.165) is 0 Å². The van der Waals surface area contributed by atoms with E-state index >= 15 is 0 Å². The molecule has 0 aliphatic carbocycles. The molecule has 0 spiro atoms. The number of aryl methyl sites for hydroxylation is 1. The first-order valence-corrected chi connectivity index (χ1v) is 5.21. The smallest absolute Gasteiger partial charge is 0.197 e. The molecule has 1 rings (SSSR count). The first kappa shape index (κ1) is 9.25. The number of hydrogen-bond donors (Lipinski definition) is 0. The fraction of sp³-hybridized carbons (Fsp3) is 0.571. The molecular weight excluding hydrogens is 176 g/mol. The Kier molecular flexibility index (Phi) is 2.23. The van der Waals surface area contributed by atoms with E-state index in [9.17, 15) is 8.42 Å². The van der Waals surface area contributed by atoms with Gasteiger partial charge in [0.1, 0.15) is 0 Å². The van der Waals surface area contributed by atoms with Gasteiger partial charge >= 0.3 is 0 Å². The minimum Gasteiger partial charge on any atom is -0.325 e. The monoisotopic (exact) mass is 188 g/mol. The molecule has 0 unspecified atom stereocenters. The average molecular weight is 188 g/mol. The van der Waals surface area contributed by atoms with Crippen LogP contribution in [0.2, 0.25) is 0 Å². The van der Waals surface area contributed by atoms with E-state index in [1.54, 1.807) is 20.9 Å². The van der Waals surface area contributed by atoms with Crippen molar-refractivity contribution in [3.05, 3.63) is 12.5 Å². The first-order chi connectivity index (χ1) is 5.46. The largest absolute Gasteiger partial charge is 0.325 e. The second kappa shape index (κ2) is 2.90. The highest BCUT2D eigenvalue weighted by atomic mass is 32.2. The van der Waals surface area contributed by atoms with E-state index in [0.29, 0.717) is 0 Å². The van der Waals surface area contributed by atoms with Crippen LogP contribution in [0.4, 0.5) is 0 Å². The molecule has 0 aliphatic heterocycles. The van der Waals surface area contributed by atoms with Gasteiger partial charge in [-0.05, 0) is 13.8 Å². The topological polar surface area (TPSA) is 52.0 Å². The predicted octanol–water partition coefficient (Wildman–Crippen LogP) is 0.602. The van der Waals surface area contributed by atoms with Gasteiger partial charge in [0, 0.05) is 7.05 Å². The molecule has 0 bridgehead atoms. The van der Waals surface area contributed by atoms with Crippen LogP contribution < -0.4 is 0 Å². The van der Waals surface area contributed by atoms with Crippen molar-refractivity contribution in [2.45, 2.75) is 24.1 Å². The van der Waals surface area contributed by atoms with E-state index in [-0.39, 0.29) is 5.03 Å². The highest BCUT2D eigenvalue weighted by molar-refractivity contribution is 7.91. The minimum atomic E-state index is -3.16. The maximum Gasteiger partial charge on any atom is 0.197 e. The zero-order chi connectivity index (χ0) is 9.35. The van der Waals surface area contributed by atoms with Gasteiger partial charge in [-0.25, -0.2) is 13.4 Å². The Hall–Kier alpha value is -0.840. The average Bonchev–Trinajstić information content (AvgIpc) is 2.35. The van der Waals surface area contributed by atoms with Crippen molar-refractivity contribution in [3.63, 3.8) is 0 Å². The molecule has 68 valence electrons. The van der Waals surface area contributed by atoms with Crippen LogP contribution in [-0.2, 0) is 16.9 Å². The molecule has 4 nitrogen and oxygen atoms in total. The Labute approximate surface area is 72.2 Å². The Morgan fingerprint density at radius 1 is 1.50 bits per heavy atom. The van der Waals surface area contributed by atoms with Crippen LogP contribution in [0.25, 0.3) is 0 Å². The summed E-state index contributed by atoms with van der Waals surface area (Å²) in [6.07, 6.45) is 2.85. The zero-order valence-corrected chi connectivity index (χ0v) is 8.17. The molecule has 0 atom stereocenters. The summed E-state index contributed by atoms with van der Waals surface area (Å²) < 4.78 is 24.6. The molecular formula is C7H12N2O2S. The molecule has 5 heteroatoms. The van der Waals surface area contributed by atoms with Gasteiger partial charge < -0.3 is 4.57 Å². The lowest BCUT2D eigenvalue weighted by Gasteiger charge is -2.06. The Morgan fingerprint density at radius 3 is 2.42 bits per heavy atom. The van der Waals surface area contributed by atoms with Crippen molar-refractivity contribution in [1.82, 2.24) is 9.55 Å². The number of nitrogens with zero attached hydrogens (tertiary/aromatic N) is 2. The predicted molar refractivity (Wildman–Crippen MR) is 45.5 cm³/mol. The zero-order valence-electron chi connectivity index (χ0n) is 7.35. The summed E-state index contributed by atoms with van der Waals surface area (Å²) >= 11 is 0. The SMILES string of the molecule is CC(C)S(=O)(=O)c1cncn1C. The molecule has 12 heavy (non-hydrogen) atoms. The van der Waals surface area contributed by atoms with Gasteiger partial charge in [0.2, 0.25) is 0 Å². The van der Waals surface area contributed by atoms with Crippen LogP contribution in [0.1, 0.15) is 13.8 Å². The summed E-state index contributed by atoms with van der Waals surface area (Å²) in [7, 11) is -1.49. The first-order valence-electron chi connectivity index (χ1n) is 3.66. The summed E-state index contributed by atoms with van der Waals surface area (Å²) in [5, 5.41) is -0.120. The lowest BCUT2D eigenvalue weighted by Crippen LogP contribution is -2.16. The number of sulfone groups is 1. The van der Waals surface area contributed by atoms with Crippen molar-refractivity contribution < 1.29 is 8.42 Å². The van der Waals surface area contributed by atoms with Crippen LogP contribution in [0.5, 0.6) is 0 Å².